The first-order valence-corrected chi connectivity index (χ1v) is 4.54. The van der Waals surface area contributed by atoms with Gasteiger partial charge in [-0.25, -0.2) is 0 Å². The number of hydrogen-bond donors (Lipinski definition) is 1. The molecule has 0 amide bonds. The van der Waals surface area contributed by atoms with Crippen LogP contribution in [0.1, 0.15) is 6.92 Å². The molecule has 5 heteroatoms. The second-order valence-corrected chi connectivity index (χ2v) is 2.89. The molecule has 0 saturated carbocycles. The van der Waals surface area contributed by atoms with Gasteiger partial charge in [0.15, 0.2) is 0 Å². The highest BCUT2D eigenvalue weighted by atomic mass is 19.4. The van der Waals surface area contributed by atoms with Crippen molar-refractivity contribution in [3.63, 3.8) is 0 Å². The van der Waals surface area contributed by atoms with E-state index < -0.39 is 12.4 Å². The van der Waals surface area contributed by atoms with Crippen LogP contribution in [0.5, 0.6) is 0 Å². The van der Waals surface area contributed by atoms with Gasteiger partial charge in [-0.15, -0.1) is 0 Å². The first-order chi connectivity index (χ1) is 7.04. The molecule has 1 N–H and O–H groups in total. The Morgan fingerprint density at radius 2 is 1.87 bits per heavy atom. The highest BCUT2D eigenvalue weighted by molar-refractivity contribution is 5.43. The smallest absolute Gasteiger partial charge is 0.353 e. The highest BCUT2D eigenvalue weighted by Gasteiger charge is 2.40. The van der Waals surface area contributed by atoms with Crippen LogP contribution in [-0.2, 0) is 4.74 Å². The van der Waals surface area contributed by atoms with E-state index in [0.717, 1.165) is 0 Å². The number of halogens is 3. The maximum Gasteiger partial charge on any atom is 0.433 e. The molecule has 15 heavy (non-hydrogen) atoms. The van der Waals surface area contributed by atoms with Crippen LogP contribution in [0.25, 0.3) is 0 Å². The molecule has 1 unspecified atom stereocenters. The molecule has 1 rings (SSSR count). The Bertz CT molecular complexity index is 286. The molecule has 0 heterocycles. The van der Waals surface area contributed by atoms with Crippen molar-refractivity contribution in [1.29, 1.82) is 0 Å². The fourth-order valence-corrected chi connectivity index (χ4v) is 1.07. The van der Waals surface area contributed by atoms with Gasteiger partial charge < -0.3 is 10.1 Å². The molecule has 1 atom stereocenters. The minimum absolute atomic E-state index is 0.00398. The summed E-state index contributed by atoms with van der Waals surface area (Å²) in [6.07, 6.45) is -6.36. The van der Waals surface area contributed by atoms with Crippen LogP contribution in [0, 0.1) is 0 Å². The third kappa shape index (κ3) is 3.79. The van der Waals surface area contributed by atoms with E-state index in [1.54, 1.807) is 30.3 Å². The molecule has 0 saturated heterocycles. The lowest BCUT2D eigenvalue weighted by Gasteiger charge is -2.22. The van der Waals surface area contributed by atoms with E-state index in [2.05, 4.69) is 10.1 Å². The van der Waals surface area contributed by atoms with E-state index in [4.69, 9.17) is 0 Å². The van der Waals surface area contributed by atoms with Gasteiger partial charge in [-0.3, -0.25) is 0 Å². The van der Waals surface area contributed by atoms with Crippen molar-refractivity contribution in [2.75, 3.05) is 11.9 Å². The molecule has 0 aliphatic heterocycles. The van der Waals surface area contributed by atoms with Crippen molar-refractivity contribution in [3.05, 3.63) is 30.3 Å². The molecule has 2 nitrogen and oxygen atoms in total. The van der Waals surface area contributed by atoms with Gasteiger partial charge in [-0.2, -0.15) is 13.2 Å². The summed E-state index contributed by atoms with van der Waals surface area (Å²) in [5.74, 6) is 0. The van der Waals surface area contributed by atoms with Crippen LogP contribution in [-0.4, -0.2) is 19.0 Å². The van der Waals surface area contributed by atoms with Gasteiger partial charge in [0.1, 0.15) is 0 Å². The summed E-state index contributed by atoms with van der Waals surface area (Å²) in [4.78, 5) is 0. The number of para-hydroxylation sites is 1. The van der Waals surface area contributed by atoms with Gasteiger partial charge in [0.25, 0.3) is 0 Å². The molecule has 0 aromatic heterocycles. The van der Waals surface area contributed by atoms with Crippen molar-refractivity contribution in [1.82, 2.24) is 0 Å². The second-order valence-electron chi connectivity index (χ2n) is 2.89. The zero-order valence-corrected chi connectivity index (χ0v) is 8.21. The zero-order valence-electron chi connectivity index (χ0n) is 8.21. The highest BCUT2D eigenvalue weighted by Crippen LogP contribution is 2.24. The number of anilines is 1. The van der Waals surface area contributed by atoms with E-state index in [0.29, 0.717) is 5.69 Å². The van der Waals surface area contributed by atoms with E-state index in [-0.39, 0.29) is 6.61 Å². The summed E-state index contributed by atoms with van der Waals surface area (Å²) < 4.78 is 41.8. The number of benzene rings is 1. The van der Waals surface area contributed by atoms with Crippen molar-refractivity contribution in [2.24, 2.45) is 0 Å². The predicted molar refractivity (Wildman–Crippen MR) is 51.5 cm³/mol. The summed E-state index contributed by atoms with van der Waals surface area (Å²) in [5.41, 5.74) is 0.383. The Labute approximate surface area is 86.1 Å². The maximum atomic E-state index is 12.4. The maximum absolute atomic E-state index is 12.4. The Balaban J connectivity index is 2.67. The zero-order chi connectivity index (χ0) is 11.3. The Morgan fingerprint density at radius 1 is 1.27 bits per heavy atom. The first-order valence-electron chi connectivity index (χ1n) is 4.54. The van der Waals surface area contributed by atoms with Gasteiger partial charge in [-0.1, -0.05) is 18.2 Å². The summed E-state index contributed by atoms with van der Waals surface area (Å²) in [6, 6.07) is 8.15. The van der Waals surface area contributed by atoms with Crippen molar-refractivity contribution >= 4 is 5.69 Å². The Morgan fingerprint density at radius 3 is 2.33 bits per heavy atom. The lowest BCUT2D eigenvalue weighted by molar-refractivity contribution is -0.209. The summed E-state index contributed by atoms with van der Waals surface area (Å²) in [7, 11) is 0. The lowest BCUT2D eigenvalue weighted by Crippen LogP contribution is -2.38. The van der Waals surface area contributed by atoms with E-state index in [9.17, 15) is 13.2 Å². The van der Waals surface area contributed by atoms with Crippen LogP contribution in [0.2, 0.25) is 0 Å². The van der Waals surface area contributed by atoms with Gasteiger partial charge in [0.05, 0.1) is 0 Å². The Kier molecular flexibility index (Phi) is 3.96. The van der Waals surface area contributed by atoms with Crippen LogP contribution in [0.15, 0.2) is 30.3 Å². The first kappa shape index (κ1) is 11.8. The van der Waals surface area contributed by atoms with Crippen molar-refractivity contribution < 1.29 is 17.9 Å². The van der Waals surface area contributed by atoms with Crippen LogP contribution in [0.3, 0.4) is 0 Å². The predicted octanol–water partition coefficient (Wildman–Crippen LogP) is 3.02. The van der Waals surface area contributed by atoms with E-state index in [1.165, 1.54) is 6.92 Å². The number of hydrogen-bond acceptors (Lipinski definition) is 2. The summed E-state index contributed by atoms with van der Waals surface area (Å²) >= 11 is 0. The quantitative estimate of drug-likeness (QED) is 0.786. The van der Waals surface area contributed by atoms with E-state index >= 15 is 0 Å². The average molecular weight is 219 g/mol. The number of rotatable bonds is 4. The van der Waals surface area contributed by atoms with Crippen LogP contribution < -0.4 is 5.32 Å². The SMILES string of the molecule is CCOC(Nc1ccccc1)C(F)(F)F. The molecule has 0 bridgehead atoms. The Hall–Kier alpha value is -1.23. The third-order valence-electron chi connectivity index (χ3n) is 1.70. The summed E-state index contributed by atoms with van der Waals surface area (Å²) in [6.45, 7) is 1.52. The molecule has 0 aliphatic rings. The molecule has 1 aromatic carbocycles. The second kappa shape index (κ2) is 5.02. The van der Waals surface area contributed by atoms with Gasteiger partial charge in [-0.05, 0) is 19.1 Å². The van der Waals surface area contributed by atoms with Gasteiger partial charge >= 0.3 is 6.18 Å². The van der Waals surface area contributed by atoms with Crippen LogP contribution in [0.4, 0.5) is 18.9 Å². The minimum Gasteiger partial charge on any atom is -0.353 e. The molecule has 0 fully saturated rings. The molecule has 0 spiro atoms. The largest absolute Gasteiger partial charge is 0.433 e. The average Bonchev–Trinajstić information content (AvgIpc) is 2.17. The minimum atomic E-state index is -4.41. The number of alkyl halides is 3. The molecular formula is C10H12F3NO. The fourth-order valence-electron chi connectivity index (χ4n) is 1.07. The lowest BCUT2D eigenvalue weighted by atomic mass is 10.3. The molecule has 84 valence electrons. The van der Waals surface area contributed by atoms with Crippen LogP contribution >= 0.6 is 0 Å². The topological polar surface area (TPSA) is 21.3 Å². The van der Waals surface area contributed by atoms with Gasteiger partial charge in [0.2, 0.25) is 6.23 Å². The molecular weight excluding hydrogens is 207 g/mol. The van der Waals surface area contributed by atoms with Crippen molar-refractivity contribution in [3.8, 4) is 0 Å². The fraction of sp³-hybridized carbons (Fsp3) is 0.400. The number of nitrogens with one attached hydrogen (secondary N) is 1. The summed E-state index contributed by atoms with van der Waals surface area (Å²) in [5, 5.41) is 2.27. The van der Waals surface area contributed by atoms with E-state index in [1.807, 2.05) is 0 Å². The molecule has 0 radical (unpaired) electrons. The van der Waals surface area contributed by atoms with Gasteiger partial charge in [0, 0.05) is 12.3 Å². The number of ether oxygens (including phenoxy) is 1. The molecule has 1 aromatic rings. The monoisotopic (exact) mass is 219 g/mol. The van der Waals surface area contributed by atoms with Crippen molar-refractivity contribution in [2.45, 2.75) is 19.3 Å². The normalized spacial score (nSPS) is 13.6. The standard InChI is InChI=1S/C10H12F3NO/c1-2-15-9(10(11,12)13)14-8-6-4-3-5-7-8/h3-7,9,14H,2H2,1H3. The molecule has 0 aliphatic carbocycles. The third-order valence-corrected chi connectivity index (χ3v) is 1.70.